The van der Waals surface area contributed by atoms with E-state index in [-0.39, 0.29) is 11.8 Å². The monoisotopic (exact) mass is 366 g/mol. The van der Waals surface area contributed by atoms with E-state index in [4.69, 9.17) is 27.9 Å². The zero-order valence-corrected chi connectivity index (χ0v) is 14.9. The molecule has 3 aromatic rings. The molecule has 1 nitrogen and oxygen atoms in total. The molecule has 2 aliphatic rings. The van der Waals surface area contributed by atoms with Crippen LogP contribution in [0, 0.1) is 5.92 Å². The molecule has 0 spiro atoms. The van der Waals surface area contributed by atoms with Gasteiger partial charge in [0.2, 0.25) is 0 Å². The Bertz CT molecular complexity index is 923. The molecule has 0 aromatic heterocycles. The standard InChI is InChI=1S/C22H16Cl2O/c23-22(24)20-19(15-9-3-1-4-10-15)17-13-7-8-14-18(17)25-21(20,22)16-11-5-2-6-12-16/h1-14,19-20H/t19-,20+,21+/m0/s1. The van der Waals surface area contributed by atoms with Gasteiger partial charge < -0.3 is 4.74 Å². The summed E-state index contributed by atoms with van der Waals surface area (Å²) in [5, 5.41) is 0. The maximum Gasteiger partial charge on any atom is 0.174 e. The predicted molar refractivity (Wildman–Crippen MR) is 101 cm³/mol. The van der Waals surface area contributed by atoms with Gasteiger partial charge in [0.05, 0.1) is 5.92 Å². The topological polar surface area (TPSA) is 9.23 Å². The van der Waals surface area contributed by atoms with E-state index in [0.29, 0.717) is 0 Å². The first-order valence-corrected chi connectivity index (χ1v) is 9.18. The molecule has 1 fully saturated rings. The Hall–Kier alpha value is -1.96. The molecule has 124 valence electrons. The van der Waals surface area contributed by atoms with Crippen LogP contribution >= 0.6 is 23.2 Å². The summed E-state index contributed by atoms with van der Waals surface area (Å²) in [6.07, 6.45) is 0. The zero-order chi connectivity index (χ0) is 17.1. The van der Waals surface area contributed by atoms with Crippen LogP contribution in [0.4, 0.5) is 0 Å². The van der Waals surface area contributed by atoms with Crippen LogP contribution in [-0.4, -0.2) is 4.33 Å². The first kappa shape index (κ1) is 15.3. The Balaban J connectivity index is 1.75. The molecule has 1 heterocycles. The second-order valence-corrected chi connectivity index (χ2v) is 8.12. The summed E-state index contributed by atoms with van der Waals surface area (Å²) < 4.78 is 5.50. The van der Waals surface area contributed by atoms with Gasteiger partial charge in [-0.3, -0.25) is 0 Å². The molecule has 0 amide bonds. The summed E-state index contributed by atoms with van der Waals surface area (Å²) in [5.41, 5.74) is 2.67. The molecule has 1 saturated carbocycles. The normalized spacial score (nSPS) is 28.4. The molecule has 0 unspecified atom stereocenters. The number of hydrogen-bond acceptors (Lipinski definition) is 1. The molecule has 3 aromatic carbocycles. The van der Waals surface area contributed by atoms with Crippen LogP contribution in [0.5, 0.6) is 5.75 Å². The van der Waals surface area contributed by atoms with Crippen molar-refractivity contribution in [1.82, 2.24) is 0 Å². The summed E-state index contributed by atoms with van der Waals surface area (Å²) >= 11 is 13.8. The number of benzene rings is 3. The Morgan fingerprint density at radius 3 is 2.04 bits per heavy atom. The molecule has 5 rings (SSSR count). The SMILES string of the molecule is ClC1(Cl)[C@@H]2[C@@H](c3ccccc3)c3ccccc3O[C@]21c1ccccc1. The van der Waals surface area contributed by atoms with Crippen molar-refractivity contribution in [3.63, 3.8) is 0 Å². The van der Waals surface area contributed by atoms with Crippen molar-refractivity contribution in [2.24, 2.45) is 5.92 Å². The number of halogens is 2. The van der Waals surface area contributed by atoms with Crippen molar-refractivity contribution >= 4 is 23.2 Å². The van der Waals surface area contributed by atoms with Gasteiger partial charge in [-0.15, -0.1) is 0 Å². The minimum absolute atomic E-state index is 0.0389. The Morgan fingerprint density at radius 1 is 0.720 bits per heavy atom. The number of rotatable bonds is 2. The highest BCUT2D eigenvalue weighted by atomic mass is 35.5. The van der Waals surface area contributed by atoms with Gasteiger partial charge in [0, 0.05) is 11.5 Å². The lowest BCUT2D eigenvalue weighted by Crippen LogP contribution is -2.28. The van der Waals surface area contributed by atoms with Gasteiger partial charge in [0.25, 0.3) is 0 Å². The maximum atomic E-state index is 6.88. The number of ether oxygens (including phenoxy) is 1. The lowest BCUT2D eigenvalue weighted by molar-refractivity contribution is 0.137. The summed E-state index contributed by atoms with van der Waals surface area (Å²) in [5.74, 6) is 0.920. The van der Waals surface area contributed by atoms with Crippen LogP contribution in [-0.2, 0) is 5.60 Å². The van der Waals surface area contributed by atoms with E-state index in [0.717, 1.165) is 16.9 Å². The molecule has 3 heteroatoms. The summed E-state index contributed by atoms with van der Waals surface area (Å²) in [4.78, 5) is 0. The van der Waals surface area contributed by atoms with Crippen LogP contribution in [0.15, 0.2) is 84.9 Å². The quantitative estimate of drug-likeness (QED) is 0.512. The fourth-order valence-corrected chi connectivity index (χ4v) is 5.29. The summed E-state index contributed by atoms with van der Waals surface area (Å²) in [6, 6.07) is 28.7. The van der Waals surface area contributed by atoms with Gasteiger partial charge in [-0.05, 0) is 17.2 Å². The molecule has 1 aliphatic carbocycles. The fraction of sp³-hybridized carbons (Fsp3) is 0.182. The van der Waals surface area contributed by atoms with E-state index in [1.807, 2.05) is 42.5 Å². The van der Waals surface area contributed by atoms with Crippen LogP contribution in [0.2, 0.25) is 0 Å². The molecule has 0 radical (unpaired) electrons. The van der Waals surface area contributed by atoms with Gasteiger partial charge in [0.1, 0.15) is 5.75 Å². The average molecular weight is 367 g/mol. The van der Waals surface area contributed by atoms with Gasteiger partial charge in [-0.25, -0.2) is 0 Å². The fourth-order valence-electron chi connectivity index (χ4n) is 4.31. The van der Waals surface area contributed by atoms with Gasteiger partial charge in [-0.2, -0.15) is 0 Å². The molecular formula is C22H16Cl2O. The molecule has 3 atom stereocenters. The van der Waals surface area contributed by atoms with E-state index in [1.54, 1.807) is 0 Å². The molecular weight excluding hydrogens is 351 g/mol. The number of para-hydroxylation sites is 1. The zero-order valence-electron chi connectivity index (χ0n) is 13.4. The van der Waals surface area contributed by atoms with E-state index >= 15 is 0 Å². The minimum Gasteiger partial charge on any atom is -0.479 e. The molecule has 0 N–H and O–H groups in total. The van der Waals surface area contributed by atoms with Crippen molar-refractivity contribution in [3.05, 3.63) is 102 Å². The van der Waals surface area contributed by atoms with Crippen LogP contribution in [0.1, 0.15) is 22.6 Å². The predicted octanol–water partition coefficient (Wildman–Crippen LogP) is 5.91. The van der Waals surface area contributed by atoms with Crippen LogP contribution < -0.4 is 4.74 Å². The molecule has 25 heavy (non-hydrogen) atoms. The van der Waals surface area contributed by atoms with Gasteiger partial charge in [-0.1, -0.05) is 102 Å². The van der Waals surface area contributed by atoms with Crippen LogP contribution in [0.3, 0.4) is 0 Å². The number of alkyl halides is 2. The van der Waals surface area contributed by atoms with E-state index in [1.165, 1.54) is 5.56 Å². The molecule has 0 saturated heterocycles. The van der Waals surface area contributed by atoms with Crippen LogP contribution in [0.25, 0.3) is 0 Å². The second kappa shape index (κ2) is 5.27. The van der Waals surface area contributed by atoms with Crippen molar-refractivity contribution in [3.8, 4) is 5.75 Å². The third kappa shape index (κ3) is 1.97. The number of fused-ring (bicyclic) bond motifs is 2. The maximum absolute atomic E-state index is 6.88. The highest BCUT2D eigenvalue weighted by Gasteiger charge is 2.83. The minimum atomic E-state index is -0.978. The van der Waals surface area contributed by atoms with Gasteiger partial charge >= 0.3 is 0 Å². The Labute approximate surface area is 157 Å². The highest BCUT2D eigenvalue weighted by molar-refractivity contribution is 6.52. The van der Waals surface area contributed by atoms with E-state index < -0.39 is 9.93 Å². The Kier molecular flexibility index (Phi) is 3.22. The Morgan fingerprint density at radius 2 is 1.32 bits per heavy atom. The molecule has 0 bridgehead atoms. The third-order valence-corrected chi connectivity index (χ3v) is 6.49. The van der Waals surface area contributed by atoms with Crippen molar-refractivity contribution in [2.75, 3.05) is 0 Å². The third-order valence-electron chi connectivity index (χ3n) is 5.46. The lowest BCUT2D eigenvalue weighted by Gasteiger charge is -2.31. The van der Waals surface area contributed by atoms with E-state index in [2.05, 4.69) is 42.5 Å². The lowest BCUT2D eigenvalue weighted by atomic mass is 9.82. The van der Waals surface area contributed by atoms with Crippen molar-refractivity contribution in [2.45, 2.75) is 15.9 Å². The summed E-state index contributed by atoms with van der Waals surface area (Å²) in [7, 11) is 0. The molecule has 1 aliphatic heterocycles. The second-order valence-electron chi connectivity index (χ2n) is 6.73. The van der Waals surface area contributed by atoms with Crippen molar-refractivity contribution < 1.29 is 4.74 Å². The first-order valence-electron chi connectivity index (χ1n) is 8.42. The average Bonchev–Trinajstić information content (AvgIpc) is 3.17. The van der Waals surface area contributed by atoms with Gasteiger partial charge in [0.15, 0.2) is 9.93 Å². The number of hydrogen-bond donors (Lipinski definition) is 0. The van der Waals surface area contributed by atoms with E-state index in [9.17, 15) is 0 Å². The largest absolute Gasteiger partial charge is 0.479 e. The highest BCUT2D eigenvalue weighted by Crippen LogP contribution is 2.77. The smallest absolute Gasteiger partial charge is 0.174 e. The first-order chi connectivity index (χ1) is 12.2. The van der Waals surface area contributed by atoms with Crippen molar-refractivity contribution in [1.29, 1.82) is 0 Å². The summed E-state index contributed by atoms with van der Waals surface area (Å²) in [6.45, 7) is 0.